The Balaban J connectivity index is 1.45. The Bertz CT molecular complexity index is 1800. The molecular weight excluding hydrogens is 600 g/mol. The van der Waals surface area contributed by atoms with Crippen LogP contribution in [0.4, 0.5) is 14.6 Å². The number of rotatable bonds is 7. The predicted octanol–water partition coefficient (Wildman–Crippen LogP) is 6.37. The first-order chi connectivity index (χ1) is 21.5. The number of anilines is 1. The van der Waals surface area contributed by atoms with Crippen LogP contribution in [0.5, 0.6) is 11.8 Å². The van der Waals surface area contributed by atoms with Crippen molar-refractivity contribution in [3.8, 4) is 22.9 Å². The van der Waals surface area contributed by atoms with Gasteiger partial charge in [-0.15, -0.1) is 0 Å². The van der Waals surface area contributed by atoms with Crippen LogP contribution in [-0.2, 0) is 4.79 Å². The number of aromatic nitrogens is 2. The molecule has 1 aromatic heterocycles. The maximum atomic E-state index is 16.8. The molecule has 0 saturated carbocycles. The Hall–Kier alpha value is -4.02. The number of carbonyl (C=O) groups is 1. The van der Waals surface area contributed by atoms with Gasteiger partial charge in [-0.05, 0) is 67.8 Å². The van der Waals surface area contributed by atoms with Crippen LogP contribution >= 0.6 is 11.6 Å². The molecule has 1 unspecified atom stereocenters. The molecule has 45 heavy (non-hydrogen) atoms. The zero-order valence-corrected chi connectivity index (χ0v) is 26.3. The number of fused-ring (bicyclic) bond motifs is 2. The first kappa shape index (κ1) is 31.0. The van der Waals surface area contributed by atoms with Crippen molar-refractivity contribution in [3.05, 3.63) is 66.0 Å². The highest BCUT2D eigenvalue weighted by atomic mass is 35.5. The second-order valence-corrected chi connectivity index (χ2v) is 12.7. The molecule has 3 atom stereocenters. The summed E-state index contributed by atoms with van der Waals surface area (Å²) in [5, 5.41) is 12.5. The summed E-state index contributed by atoms with van der Waals surface area (Å²) in [5.74, 6) is -0.414. The minimum Gasteiger partial charge on any atom is -0.508 e. The number of alkyl halides is 1. The number of nitrogens with zero attached hydrogens (tertiary/aromatic N) is 5. The molecule has 8 nitrogen and oxygen atoms in total. The SMILES string of the molecule is C=CC(=O)N1C[C@H](C)N(c2nc(OCCN3CCC(C)(F)C3)nc3c(F)c(-c4cc(O)cc5ccccc45)c(Cl)cc23)C[C@H]1C. The van der Waals surface area contributed by atoms with Gasteiger partial charge in [0.05, 0.1) is 5.02 Å². The van der Waals surface area contributed by atoms with Gasteiger partial charge in [-0.1, -0.05) is 42.4 Å². The number of likely N-dealkylation sites (tertiary alicyclic amines) is 1. The summed E-state index contributed by atoms with van der Waals surface area (Å²) in [5.41, 5.74) is -0.680. The smallest absolute Gasteiger partial charge is 0.319 e. The number of piperazine rings is 1. The standard InChI is InChI=1S/C34H36ClF2N5O3/c1-5-28(44)41-17-21(3)42(18-20(41)2)32-26-16-27(35)29(25-15-23(43)14-22-8-6-7-9-24(22)25)30(36)31(26)38-33(39-32)45-13-12-40-11-10-34(4,37)19-40/h5-9,14-16,20-21,43H,1,10-13,17-19H2,2-4H3/t20-,21+,34?/m1/s1. The van der Waals surface area contributed by atoms with Crippen molar-refractivity contribution in [2.75, 3.05) is 44.2 Å². The number of amides is 1. The van der Waals surface area contributed by atoms with Gasteiger partial charge in [0.25, 0.3) is 0 Å². The van der Waals surface area contributed by atoms with E-state index in [1.165, 1.54) is 12.1 Å². The van der Waals surface area contributed by atoms with Crippen LogP contribution in [0, 0.1) is 5.82 Å². The fraction of sp³-hybridized carbons (Fsp3) is 0.382. The van der Waals surface area contributed by atoms with Gasteiger partial charge >= 0.3 is 6.01 Å². The number of benzene rings is 3. The first-order valence-corrected chi connectivity index (χ1v) is 15.5. The van der Waals surface area contributed by atoms with E-state index in [-0.39, 0.29) is 52.5 Å². The molecule has 1 N–H and O–H groups in total. The van der Waals surface area contributed by atoms with Gasteiger partial charge in [0.1, 0.15) is 29.4 Å². The number of hydrogen-bond acceptors (Lipinski definition) is 7. The number of halogens is 3. The fourth-order valence-electron chi connectivity index (χ4n) is 6.51. The zero-order valence-electron chi connectivity index (χ0n) is 25.6. The van der Waals surface area contributed by atoms with Crippen molar-refractivity contribution in [1.29, 1.82) is 0 Å². The van der Waals surface area contributed by atoms with E-state index in [4.69, 9.17) is 21.3 Å². The Morgan fingerprint density at radius 3 is 2.69 bits per heavy atom. The van der Waals surface area contributed by atoms with Crippen LogP contribution in [0.1, 0.15) is 27.2 Å². The third kappa shape index (κ3) is 6.01. The Morgan fingerprint density at radius 2 is 1.96 bits per heavy atom. The second-order valence-electron chi connectivity index (χ2n) is 12.3. The Labute approximate surface area is 265 Å². The van der Waals surface area contributed by atoms with Crippen molar-refractivity contribution in [3.63, 3.8) is 0 Å². The highest BCUT2D eigenvalue weighted by molar-refractivity contribution is 6.35. The minimum atomic E-state index is -1.23. The highest BCUT2D eigenvalue weighted by Gasteiger charge is 2.35. The molecule has 1 amide bonds. The third-order valence-corrected chi connectivity index (χ3v) is 9.11. The Morgan fingerprint density at radius 1 is 1.18 bits per heavy atom. The van der Waals surface area contributed by atoms with Crippen LogP contribution in [0.2, 0.25) is 5.02 Å². The van der Waals surface area contributed by atoms with Crippen LogP contribution in [-0.4, -0.2) is 87.9 Å². The number of ether oxygens (including phenoxy) is 1. The normalized spacial score (nSPS) is 22.4. The van der Waals surface area contributed by atoms with Gasteiger partial charge in [-0.2, -0.15) is 9.97 Å². The number of phenolic OH excluding ortho intramolecular Hbond substituents is 1. The van der Waals surface area contributed by atoms with Crippen molar-refractivity contribution >= 4 is 45.0 Å². The molecule has 6 rings (SSSR count). The summed E-state index contributed by atoms with van der Waals surface area (Å²) in [4.78, 5) is 27.5. The molecule has 2 fully saturated rings. The lowest BCUT2D eigenvalue weighted by atomic mass is 9.96. The average molecular weight is 636 g/mol. The van der Waals surface area contributed by atoms with Crippen LogP contribution in [0.15, 0.2) is 55.1 Å². The zero-order chi connectivity index (χ0) is 32.0. The van der Waals surface area contributed by atoms with Gasteiger partial charge in [0.15, 0.2) is 5.82 Å². The molecule has 3 aromatic carbocycles. The number of phenols is 1. The minimum absolute atomic E-state index is 0.0166. The predicted molar refractivity (Wildman–Crippen MR) is 173 cm³/mol. The monoisotopic (exact) mass is 635 g/mol. The van der Waals surface area contributed by atoms with Crippen LogP contribution in [0.25, 0.3) is 32.8 Å². The molecule has 0 spiro atoms. The summed E-state index contributed by atoms with van der Waals surface area (Å²) in [6.45, 7) is 11.6. The molecular formula is C34H36ClF2N5O3. The van der Waals surface area contributed by atoms with Crippen molar-refractivity contribution in [2.24, 2.45) is 0 Å². The van der Waals surface area contributed by atoms with Gasteiger partial charge < -0.3 is 19.6 Å². The van der Waals surface area contributed by atoms with E-state index in [0.29, 0.717) is 55.9 Å². The van der Waals surface area contributed by atoms with Crippen LogP contribution in [0.3, 0.4) is 0 Å². The topological polar surface area (TPSA) is 82.0 Å². The molecule has 2 saturated heterocycles. The number of carbonyl (C=O) groups excluding carboxylic acids is 1. The summed E-state index contributed by atoms with van der Waals surface area (Å²) in [6, 6.07) is 11.7. The van der Waals surface area contributed by atoms with E-state index in [2.05, 4.69) is 11.6 Å². The highest BCUT2D eigenvalue weighted by Crippen LogP contribution is 2.43. The van der Waals surface area contributed by atoms with Crippen molar-refractivity contribution in [2.45, 2.75) is 44.9 Å². The molecule has 4 aromatic rings. The lowest BCUT2D eigenvalue weighted by molar-refractivity contribution is -0.128. The molecule has 236 valence electrons. The average Bonchev–Trinajstić information content (AvgIpc) is 3.35. The van der Waals surface area contributed by atoms with Gasteiger partial charge in [0.2, 0.25) is 5.91 Å². The Kier molecular flexibility index (Phi) is 8.30. The summed E-state index contributed by atoms with van der Waals surface area (Å²) >= 11 is 6.85. The summed E-state index contributed by atoms with van der Waals surface area (Å²) in [7, 11) is 0. The lowest BCUT2D eigenvalue weighted by Crippen LogP contribution is -2.58. The first-order valence-electron chi connectivity index (χ1n) is 15.1. The molecule has 0 bridgehead atoms. The molecule has 11 heteroatoms. The fourth-order valence-corrected chi connectivity index (χ4v) is 6.80. The van der Waals surface area contributed by atoms with Crippen molar-refractivity contribution in [1.82, 2.24) is 19.8 Å². The maximum absolute atomic E-state index is 16.8. The molecule has 0 aliphatic carbocycles. The largest absolute Gasteiger partial charge is 0.508 e. The van der Waals surface area contributed by atoms with Gasteiger partial charge in [-0.25, -0.2) is 8.78 Å². The van der Waals surface area contributed by atoms with E-state index < -0.39 is 11.5 Å². The lowest BCUT2D eigenvalue weighted by Gasteiger charge is -2.44. The number of hydrogen-bond donors (Lipinski definition) is 1. The van der Waals surface area contributed by atoms with E-state index in [1.54, 1.807) is 24.0 Å². The molecule has 0 radical (unpaired) electrons. The third-order valence-electron chi connectivity index (χ3n) is 8.82. The summed E-state index contributed by atoms with van der Waals surface area (Å²) in [6.07, 6.45) is 1.76. The molecule has 2 aliphatic rings. The van der Waals surface area contributed by atoms with E-state index in [9.17, 15) is 14.3 Å². The summed E-state index contributed by atoms with van der Waals surface area (Å²) < 4.78 is 37.2. The second kappa shape index (κ2) is 12.1. The van der Waals surface area contributed by atoms with Gasteiger partial charge in [-0.3, -0.25) is 9.69 Å². The quantitative estimate of drug-likeness (QED) is 0.236. The molecule has 3 heterocycles. The molecule has 2 aliphatic heterocycles. The maximum Gasteiger partial charge on any atom is 0.319 e. The van der Waals surface area contributed by atoms with E-state index in [1.807, 2.05) is 47.9 Å². The van der Waals surface area contributed by atoms with Gasteiger partial charge in [0, 0.05) is 55.8 Å². The van der Waals surface area contributed by atoms with E-state index >= 15 is 4.39 Å². The van der Waals surface area contributed by atoms with Crippen molar-refractivity contribution < 1.29 is 23.4 Å². The number of aromatic hydroxyl groups is 1. The van der Waals surface area contributed by atoms with Crippen LogP contribution < -0.4 is 9.64 Å². The van der Waals surface area contributed by atoms with E-state index in [0.717, 1.165) is 10.8 Å².